The minimum absolute atomic E-state index is 0.149. The van der Waals surface area contributed by atoms with Crippen molar-refractivity contribution in [3.8, 4) is 17.2 Å². The van der Waals surface area contributed by atoms with Gasteiger partial charge in [-0.25, -0.2) is 4.79 Å². The number of ether oxygens (including phenoxy) is 4. The van der Waals surface area contributed by atoms with Crippen molar-refractivity contribution < 1.29 is 28.5 Å². The lowest BCUT2D eigenvalue weighted by atomic mass is 10.1. The van der Waals surface area contributed by atoms with Crippen LogP contribution in [0.3, 0.4) is 0 Å². The van der Waals surface area contributed by atoms with E-state index in [9.17, 15) is 9.59 Å². The summed E-state index contributed by atoms with van der Waals surface area (Å²) >= 11 is 0. The quantitative estimate of drug-likeness (QED) is 0.766. The first-order valence-corrected chi connectivity index (χ1v) is 6.77. The van der Waals surface area contributed by atoms with Crippen LogP contribution in [0.25, 0.3) is 0 Å². The number of rotatable bonds is 7. The van der Waals surface area contributed by atoms with Gasteiger partial charge in [0.15, 0.2) is 17.6 Å². The highest BCUT2D eigenvalue weighted by Gasteiger charge is 2.24. The van der Waals surface area contributed by atoms with Crippen molar-refractivity contribution in [1.82, 2.24) is 5.32 Å². The molecule has 0 aliphatic heterocycles. The van der Waals surface area contributed by atoms with Gasteiger partial charge in [-0.1, -0.05) is 0 Å². The molecule has 0 saturated heterocycles. The van der Waals surface area contributed by atoms with Crippen LogP contribution < -0.4 is 19.5 Å². The van der Waals surface area contributed by atoms with Gasteiger partial charge in [0, 0.05) is 6.54 Å². The van der Waals surface area contributed by atoms with Crippen molar-refractivity contribution in [3.05, 3.63) is 17.7 Å². The molecule has 0 aliphatic carbocycles. The number of esters is 1. The number of likely N-dealkylation sites (N-methyl/N-ethyl adjacent to an activating group) is 1. The van der Waals surface area contributed by atoms with Crippen LogP contribution in [0.2, 0.25) is 0 Å². The Morgan fingerprint density at radius 2 is 1.73 bits per heavy atom. The number of methoxy groups -OCH3 is 3. The van der Waals surface area contributed by atoms with E-state index in [0.717, 1.165) is 0 Å². The third-order valence-electron chi connectivity index (χ3n) is 2.93. The smallest absolute Gasteiger partial charge is 0.342 e. The van der Waals surface area contributed by atoms with Crippen LogP contribution in [-0.4, -0.2) is 45.9 Å². The molecule has 1 amide bonds. The van der Waals surface area contributed by atoms with E-state index in [0.29, 0.717) is 12.3 Å². The fraction of sp³-hybridized carbons (Fsp3) is 0.467. The van der Waals surface area contributed by atoms with E-state index in [1.54, 1.807) is 13.0 Å². The zero-order valence-electron chi connectivity index (χ0n) is 13.4. The number of hydrogen-bond acceptors (Lipinski definition) is 6. The van der Waals surface area contributed by atoms with Gasteiger partial charge < -0.3 is 24.3 Å². The average molecular weight is 311 g/mol. The van der Waals surface area contributed by atoms with Gasteiger partial charge in [0.1, 0.15) is 5.56 Å². The minimum atomic E-state index is -0.912. The second-order valence-electron chi connectivity index (χ2n) is 4.32. The fourth-order valence-corrected chi connectivity index (χ4v) is 1.86. The molecular weight excluding hydrogens is 290 g/mol. The van der Waals surface area contributed by atoms with Gasteiger partial charge >= 0.3 is 5.97 Å². The first kappa shape index (κ1) is 17.6. The molecular formula is C15H21NO6. The van der Waals surface area contributed by atoms with E-state index in [4.69, 9.17) is 18.9 Å². The molecule has 0 fully saturated rings. The summed E-state index contributed by atoms with van der Waals surface area (Å²) in [4.78, 5) is 23.9. The molecule has 1 atom stereocenters. The number of carbonyl (C=O) groups is 2. The van der Waals surface area contributed by atoms with Gasteiger partial charge in [-0.05, 0) is 26.0 Å². The summed E-state index contributed by atoms with van der Waals surface area (Å²) in [5.41, 5.74) is 0.149. The molecule has 7 nitrogen and oxygen atoms in total. The zero-order chi connectivity index (χ0) is 16.7. The van der Waals surface area contributed by atoms with Gasteiger partial charge in [0.05, 0.1) is 21.3 Å². The van der Waals surface area contributed by atoms with Crippen molar-refractivity contribution in [2.45, 2.75) is 20.0 Å². The summed E-state index contributed by atoms with van der Waals surface area (Å²) in [5, 5.41) is 2.58. The molecule has 7 heteroatoms. The highest BCUT2D eigenvalue weighted by Crippen LogP contribution is 2.40. The lowest BCUT2D eigenvalue weighted by molar-refractivity contribution is -0.128. The van der Waals surface area contributed by atoms with Crippen LogP contribution in [0.15, 0.2) is 12.1 Å². The topological polar surface area (TPSA) is 83.1 Å². The van der Waals surface area contributed by atoms with Crippen LogP contribution in [0.4, 0.5) is 0 Å². The molecule has 0 heterocycles. The molecule has 0 radical (unpaired) electrons. The molecule has 0 bridgehead atoms. The van der Waals surface area contributed by atoms with Crippen molar-refractivity contribution in [2.75, 3.05) is 27.9 Å². The zero-order valence-corrected chi connectivity index (χ0v) is 13.4. The van der Waals surface area contributed by atoms with Crippen LogP contribution >= 0.6 is 0 Å². The van der Waals surface area contributed by atoms with Crippen LogP contribution in [0, 0.1) is 0 Å². The molecule has 0 unspecified atom stereocenters. The maximum Gasteiger partial charge on any atom is 0.342 e. The predicted octanol–water partition coefficient (Wildman–Crippen LogP) is 1.39. The third-order valence-corrected chi connectivity index (χ3v) is 2.93. The molecule has 1 N–H and O–H groups in total. The van der Waals surface area contributed by atoms with Crippen LogP contribution in [0.1, 0.15) is 24.2 Å². The lowest BCUT2D eigenvalue weighted by Crippen LogP contribution is -2.35. The molecule has 1 aromatic rings. The highest BCUT2D eigenvalue weighted by molar-refractivity contribution is 5.96. The van der Waals surface area contributed by atoms with Gasteiger partial charge in [-0.3, -0.25) is 4.79 Å². The Morgan fingerprint density at radius 1 is 1.09 bits per heavy atom. The van der Waals surface area contributed by atoms with Crippen molar-refractivity contribution >= 4 is 11.9 Å². The van der Waals surface area contributed by atoms with E-state index in [1.165, 1.54) is 34.3 Å². The monoisotopic (exact) mass is 311 g/mol. The maximum atomic E-state index is 12.2. The summed E-state index contributed by atoms with van der Waals surface area (Å²) in [5.74, 6) is -0.153. The summed E-state index contributed by atoms with van der Waals surface area (Å²) in [6.07, 6.45) is -0.912. The van der Waals surface area contributed by atoms with E-state index in [2.05, 4.69) is 5.32 Å². The first-order valence-electron chi connectivity index (χ1n) is 6.77. The number of hydrogen-bond donors (Lipinski definition) is 1. The number of nitrogens with one attached hydrogen (secondary N) is 1. The molecule has 0 aliphatic rings. The lowest BCUT2D eigenvalue weighted by Gasteiger charge is -2.17. The SMILES string of the molecule is CCNC(=O)[C@H](C)OC(=O)c1ccc(OC)c(OC)c1OC. The molecule has 122 valence electrons. The Bertz CT molecular complexity index is 543. The van der Waals surface area contributed by atoms with Gasteiger partial charge in [0.25, 0.3) is 5.91 Å². The summed E-state index contributed by atoms with van der Waals surface area (Å²) in [6, 6.07) is 3.06. The fourth-order valence-electron chi connectivity index (χ4n) is 1.86. The second-order valence-corrected chi connectivity index (χ2v) is 4.32. The Morgan fingerprint density at radius 3 is 2.23 bits per heavy atom. The Balaban J connectivity index is 3.05. The summed E-state index contributed by atoms with van der Waals surface area (Å²) in [6.45, 7) is 3.74. The largest absolute Gasteiger partial charge is 0.493 e. The molecule has 1 aromatic carbocycles. The Hall–Kier alpha value is -2.44. The van der Waals surface area contributed by atoms with E-state index < -0.39 is 12.1 Å². The van der Waals surface area contributed by atoms with E-state index in [-0.39, 0.29) is 23.0 Å². The Labute approximate surface area is 129 Å². The number of amides is 1. The predicted molar refractivity (Wildman–Crippen MR) is 79.7 cm³/mol. The molecule has 1 rings (SSSR count). The molecule has 22 heavy (non-hydrogen) atoms. The van der Waals surface area contributed by atoms with Crippen LogP contribution in [0.5, 0.6) is 17.2 Å². The van der Waals surface area contributed by atoms with Crippen molar-refractivity contribution in [2.24, 2.45) is 0 Å². The van der Waals surface area contributed by atoms with Gasteiger partial charge in [-0.2, -0.15) is 0 Å². The summed E-state index contributed by atoms with van der Waals surface area (Å²) < 4.78 is 20.7. The minimum Gasteiger partial charge on any atom is -0.493 e. The van der Waals surface area contributed by atoms with Gasteiger partial charge in [-0.15, -0.1) is 0 Å². The number of benzene rings is 1. The highest BCUT2D eigenvalue weighted by atomic mass is 16.6. The van der Waals surface area contributed by atoms with Crippen molar-refractivity contribution in [3.63, 3.8) is 0 Å². The molecule has 0 saturated carbocycles. The van der Waals surface area contributed by atoms with Gasteiger partial charge in [0.2, 0.25) is 5.75 Å². The first-order chi connectivity index (χ1) is 10.5. The van der Waals surface area contributed by atoms with E-state index in [1.807, 2.05) is 0 Å². The normalized spacial score (nSPS) is 11.3. The number of carbonyl (C=O) groups excluding carboxylic acids is 2. The molecule has 0 spiro atoms. The van der Waals surface area contributed by atoms with E-state index >= 15 is 0 Å². The maximum absolute atomic E-state index is 12.2. The average Bonchev–Trinajstić information content (AvgIpc) is 2.52. The second kappa shape index (κ2) is 8.11. The Kier molecular flexibility index (Phi) is 6.49. The van der Waals surface area contributed by atoms with Crippen molar-refractivity contribution in [1.29, 1.82) is 0 Å². The molecule has 0 aromatic heterocycles. The third kappa shape index (κ3) is 3.81. The standard InChI is InChI=1S/C15H21NO6/c1-6-16-14(17)9(2)22-15(18)10-7-8-11(19-3)13(21-5)12(10)20-4/h7-9H,6H2,1-5H3,(H,16,17)/t9-/m0/s1. The summed E-state index contributed by atoms with van der Waals surface area (Å²) in [7, 11) is 4.32. The van der Waals surface area contributed by atoms with Crippen LogP contribution in [-0.2, 0) is 9.53 Å².